The second-order valence-corrected chi connectivity index (χ2v) is 5.46. The van der Waals surface area contributed by atoms with Crippen molar-refractivity contribution in [3.8, 4) is 11.1 Å². The van der Waals surface area contributed by atoms with Crippen LogP contribution < -0.4 is 0 Å². The molecule has 2 aromatic carbocycles. The van der Waals surface area contributed by atoms with E-state index >= 15 is 0 Å². The van der Waals surface area contributed by atoms with E-state index < -0.39 is 0 Å². The SMILES string of the molecule is O=Cc1ccc(C=O)c(-c2cc(CBr)ccc2CBr)c1. The van der Waals surface area contributed by atoms with Gasteiger partial charge in [0.1, 0.15) is 6.29 Å². The van der Waals surface area contributed by atoms with Crippen LogP contribution in [0.5, 0.6) is 0 Å². The molecule has 0 amide bonds. The maximum absolute atomic E-state index is 11.2. The lowest BCUT2D eigenvalue weighted by molar-refractivity contribution is 0.111. The molecule has 0 aromatic heterocycles. The van der Waals surface area contributed by atoms with E-state index in [2.05, 4.69) is 31.9 Å². The number of halogens is 2. The first-order valence-electron chi connectivity index (χ1n) is 6.02. The Hall–Kier alpha value is -1.26. The van der Waals surface area contributed by atoms with Crippen LogP contribution in [0, 0.1) is 0 Å². The van der Waals surface area contributed by atoms with Crippen molar-refractivity contribution in [3.05, 3.63) is 58.7 Å². The van der Waals surface area contributed by atoms with E-state index in [1.165, 1.54) is 0 Å². The van der Waals surface area contributed by atoms with Gasteiger partial charge in [0.2, 0.25) is 0 Å². The summed E-state index contributed by atoms with van der Waals surface area (Å²) in [7, 11) is 0. The number of carbonyl (C=O) groups excluding carboxylic acids is 2. The maximum Gasteiger partial charge on any atom is 0.150 e. The van der Waals surface area contributed by atoms with Crippen molar-refractivity contribution >= 4 is 44.4 Å². The molecule has 0 aliphatic rings. The highest BCUT2D eigenvalue weighted by Crippen LogP contribution is 2.30. The molecule has 2 aromatic rings. The Labute approximate surface area is 134 Å². The van der Waals surface area contributed by atoms with Crippen LogP contribution in [0.1, 0.15) is 31.8 Å². The van der Waals surface area contributed by atoms with Gasteiger partial charge in [0.15, 0.2) is 6.29 Å². The van der Waals surface area contributed by atoms with Crippen LogP contribution in [-0.4, -0.2) is 12.6 Å². The zero-order valence-electron chi connectivity index (χ0n) is 10.6. The van der Waals surface area contributed by atoms with Crippen molar-refractivity contribution in [2.45, 2.75) is 10.7 Å². The molecule has 20 heavy (non-hydrogen) atoms. The van der Waals surface area contributed by atoms with E-state index in [0.717, 1.165) is 40.2 Å². The molecule has 0 aliphatic carbocycles. The molecule has 0 bridgehead atoms. The van der Waals surface area contributed by atoms with Crippen molar-refractivity contribution in [1.29, 1.82) is 0 Å². The molecular weight excluding hydrogens is 384 g/mol. The van der Waals surface area contributed by atoms with Gasteiger partial charge in [0.25, 0.3) is 0 Å². The Morgan fingerprint density at radius 1 is 0.850 bits per heavy atom. The third-order valence-electron chi connectivity index (χ3n) is 3.10. The molecule has 0 atom stereocenters. The van der Waals surface area contributed by atoms with Gasteiger partial charge in [0, 0.05) is 21.8 Å². The fraction of sp³-hybridized carbons (Fsp3) is 0.125. The second kappa shape index (κ2) is 6.95. The summed E-state index contributed by atoms with van der Waals surface area (Å²) in [6.45, 7) is 0. The predicted octanol–water partition coefficient (Wildman–Crippen LogP) is 4.77. The van der Waals surface area contributed by atoms with Gasteiger partial charge in [-0.25, -0.2) is 0 Å². The Morgan fingerprint density at radius 2 is 1.65 bits per heavy atom. The average molecular weight is 396 g/mol. The number of alkyl halides is 2. The van der Waals surface area contributed by atoms with Gasteiger partial charge in [-0.1, -0.05) is 56.1 Å². The summed E-state index contributed by atoms with van der Waals surface area (Å²) in [5.41, 5.74) is 5.13. The second-order valence-electron chi connectivity index (χ2n) is 4.34. The van der Waals surface area contributed by atoms with E-state index in [9.17, 15) is 9.59 Å². The zero-order valence-corrected chi connectivity index (χ0v) is 13.8. The molecule has 0 saturated heterocycles. The highest BCUT2D eigenvalue weighted by molar-refractivity contribution is 9.08. The molecular formula is C16H12Br2O2. The molecule has 102 valence electrons. The minimum absolute atomic E-state index is 0.565. The fourth-order valence-electron chi connectivity index (χ4n) is 2.06. The summed E-state index contributed by atoms with van der Waals surface area (Å²) in [5, 5.41) is 1.43. The first kappa shape index (κ1) is 15.1. The molecule has 0 aliphatic heterocycles. The van der Waals surface area contributed by atoms with Crippen LogP contribution in [0.3, 0.4) is 0 Å². The molecule has 0 saturated carbocycles. The standard InChI is InChI=1S/C16H12Br2O2/c17-7-11-1-3-13(8-18)15(5-11)16-6-12(9-19)2-4-14(16)10-20/h1-6,9-10H,7-8H2. The molecule has 0 N–H and O–H groups in total. The maximum atomic E-state index is 11.2. The topological polar surface area (TPSA) is 34.1 Å². The lowest BCUT2D eigenvalue weighted by atomic mass is 9.93. The molecule has 2 nitrogen and oxygen atoms in total. The minimum atomic E-state index is 0.565. The number of aldehydes is 2. The summed E-state index contributed by atoms with van der Waals surface area (Å²) in [6, 6.07) is 11.2. The first-order valence-corrected chi connectivity index (χ1v) is 8.26. The van der Waals surface area contributed by atoms with Gasteiger partial charge in [-0.05, 0) is 34.4 Å². The quantitative estimate of drug-likeness (QED) is 0.539. The van der Waals surface area contributed by atoms with Crippen LogP contribution >= 0.6 is 31.9 Å². The molecule has 0 radical (unpaired) electrons. The Kier molecular flexibility index (Phi) is 5.26. The van der Waals surface area contributed by atoms with Gasteiger partial charge in [-0.3, -0.25) is 9.59 Å². The van der Waals surface area contributed by atoms with E-state index in [0.29, 0.717) is 16.5 Å². The van der Waals surface area contributed by atoms with Crippen molar-refractivity contribution in [2.24, 2.45) is 0 Å². The number of hydrogen-bond acceptors (Lipinski definition) is 2. The molecule has 4 heteroatoms. The third-order valence-corrected chi connectivity index (χ3v) is 4.35. The summed E-state index contributed by atoms with van der Waals surface area (Å²) in [6.07, 6.45) is 1.61. The number of hydrogen-bond donors (Lipinski definition) is 0. The summed E-state index contributed by atoms with van der Waals surface area (Å²) >= 11 is 6.90. The van der Waals surface area contributed by atoms with E-state index in [1.54, 1.807) is 18.2 Å². The van der Waals surface area contributed by atoms with Crippen molar-refractivity contribution < 1.29 is 9.59 Å². The summed E-state index contributed by atoms with van der Waals surface area (Å²) in [4.78, 5) is 22.2. The monoisotopic (exact) mass is 394 g/mol. The minimum Gasteiger partial charge on any atom is -0.298 e. The van der Waals surface area contributed by atoms with Gasteiger partial charge >= 0.3 is 0 Å². The van der Waals surface area contributed by atoms with Gasteiger partial charge in [-0.2, -0.15) is 0 Å². The van der Waals surface area contributed by atoms with Crippen LogP contribution in [-0.2, 0) is 10.7 Å². The Balaban J connectivity index is 2.70. The fourth-order valence-corrected chi connectivity index (χ4v) is 2.89. The van der Waals surface area contributed by atoms with Crippen LogP contribution in [0.15, 0.2) is 36.4 Å². The van der Waals surface area contributed by atoms with E-state index in [1.807, 2.05) is 18.2 Å². The molecule has 2 rings (SSSR count). The van der Waals surface area contributed by atoms with E-state index in [4.69, 9.17) is 0 Å². The van der Waals surface area contributed by atoms with Crippen LogP contribution in [0.4, 0.5) is 0 Å². The lowest BCUT2D eigenvalue weighted by Gasteiger charge is -2.12. The molecule has 0 spiro atoms. The highest BCUT2D eigenvalue weighted by atomic mass is 79.9. The van der Waals surface area contributed by atoms with Crippen molar-refractivity contribution in [1.82, 2.24) is 0 Å². The van der Waals surface area contributed by atoms with E-state index in [-0.39, 0.29) is 0 Å². The third kappa shape index (κ3) is 3.07. The van der Waals surface area contributed by atoms with Gasteiger partial charge < -0.3 is 0 Å². The first-order chi connectivity index (χ1) is 9.73. The van der Waals surface area contributed by atoms with Crippen molar-refractivity contribution in [3.63, 3.8) is 0 Å². The van der Waals surface area contributed by atoms with Gasteiger partial charge in [0.05, 0.1) is 0 Å². The molecule has 0 heterocycles. The normalized spacial score (nSPS) is 10.3. The Bertz CT molecular complexity index is 651. The smallest absolute Gasteiger partial charge is 0.150 e. The highest BCUT2D eigenvalue weighted by Gasteiger charge is 2.11. The molecule has 0 unspecified atom stereocenters. The number of carbonyl (C=O) groups is 2. The predicted molar refractivity (Wildman–Crippen MR) is 87.9 cm³/mol. The zero-order chi connectivity index (χ0) is 14.5. The van der Waals surface area contributed by atoms with Crippen molar-refractivity contribution in [2.75, 3.05) is 0 Å². The summed E-state index contributed by atoms with van der Waals surface area (Å²) in [5.74, 6) is 0. The molecule has 0 fully saturated rings. The van der Waals surface area contributed by atoms with Crippen LogP contribution in [0.2, 0.25) is 0 Å². The number of benzene rings is 2. The summed E-state index contributed by atoms with van der Waals surface area (Å²) < 4.78 is 0. The number of rotatable bonds is 5. The lowest BCUT2D eigenvalue weighted by Crippen LogP contribution is -1.95. The van der Waals surface area contributed by atoms with Crippen LogP contribution in [0.25, 0.3) is 11.1 Å². The van der Waals surface area contributed by atoms with Gasteiger partial charge in [-0.15, -0.1) is 0 Å². The average Bonchev–Trinajstić information content (AvgIpc) is 2.53. The Morgan fingerprint density at radius 3 is 2.25 bits per heavy atom. The largest absolute Gasteiger partial charge is 0.298 e.